The summed E-state index contributed by atoms with van der Waals surface area (Å²) < 4.78 is 5.28. The summed E-state index contributed by atoms with van der Waals surface area (Å²) in [6.07, 6.45) is 0.993. The zero-order valence-corrected chi connectivity index (χ0v) is 11.0. The Morgan fingerprint density at radius 3 is 2.53 bits per heavy atom. The minimum Gasteiger partial charge on any atom is -0.484 e. The number of ether oxygens (including phenoxy) is 1. The second-order valence-electron chi connectivity index (χ2n) is 4.02. The summed E-state index contributed by atoms with van der Waals surface area (Å²) in [5.74, 6) is 0.389. The van der Waals surface area contributed by atoms with E-state index < -0.39 is 0 Å². The average Bonchev–Trinajstić information content (AvgIpc) is 2.45. The molecular weight excluding hydrogens is 246 g/mol. The molecular formula is C14H19NO4. The Morgan fingerprint density at radius 2 is 1.95 bits per heavy atom. The molecule has 104 valence electrons. The van der Waals surface area contributed by atoms with Gasteiger partial charge in [-0.05, 0) is 30.7 Å². The maximum atomic E-state index is 11.4. The van der Waals surface area contributed by atoms with E-state index in [9.17, 15) is 9.59 Å². The minimum atomic E-state index is -0.234. The molecule has 0 fully saturated rings. The Labute approximate surface area is 112 Å². The van der Waals surface area contributed by atoms with Gasteiger partial charge in [-0.2, -0.15) is 0 Å². The molecule has 5 heteroatoms. The first kappa shape index (κ1) is 15.2. The number of carbonyl (C=O) groups is 2. The van der Waals surface area contributed by atoms with Crippen LogP contribution in [-0.2, 0) is 4.79 Å². The Bertz CT molecular complexity index is 414. The molecule has 2 N–H and O–H groups in total. The second kappa shape index (κ2) is 8.26. The fourth-order valence-electron chi connectivity index (χ4n) is 1.45. The van der Waals surface area contributed by atoms with Gasteiger partial charge in [0.15, 0.2) is 12.4 Å². The highest BCUT2D eigenvalue weighted by Gasteiger charge is 2.04. The van der Waals surface area contributed by atoms with E-state index >= 15 is 0 Å². The quantitative estimate of drug-likeness (QED) is 0.546. The van der Waals surface area contributed by atoms with E-state index in [1.165, 1.54) is 0 Å². The smallest absolute Gasteiger partial charge is 0.257 e. The predicted octanol–water partition coefficient (Wildman–Crippen LogP) is 1.16. The van der Waals surface area contributed by atoms with Crippen LogP contribution in [0.15, 0.2) is 24.3 Å². The number of nitrogens with one attached hydrogen (secondary N) is 1. The summed E-state index contributed by atoms with van der Waals surface area (Å²) >= 11 is 0. The summed E-state index contributed by atoms with van der Waals surface area (Å²) in [7, 11) is 0. The molecule has 0 heterocycles. The number of Topliss-reactive ketones (excluding diaryl/α,β-unsaturated/α-hetero) is 1. The largest absolute Gasteiger partial charge is 0.484 e. The Balaban J connectivity index is 2.37. The highest BCUT2D eigenvalue weighted by atomic mass is 16.5. The molecule has 0 radical (unpaired) electrons. The second-order valence-corrected chi connectivity index (χ2v) is 4.02. The fraction of sp³-hybridized carbons (Fsp3) is 0.429. The molecule has 0 aliphatic heterocycles. The molecule has 1 aromatic carbocycles. The lowest BCUT2D eigenvalue weighted by Gasteiger charge is -2.07. The lowest BCUT2D eigenvalue weighted by atomic mass is 10.1. The third-order valence-electron chi connectivity index (χ3n) is 2.52. The van der Waals surface area contributed by atoms with E-state index in [0.717, 1.165) is 0 Å². The molecule has 0 aromatic heterocycles. The van der Waals surface area contributed by atoms with Gasteiger partial charge >= 0.3 is 0 Å². The molecule has 0 bridgehead atoms. The third-order valence-corrected chi connectivity index (χ3v) is 2.52. The zero-order chi connectivity index (χ0) is 14.1. The maximum absolute atomic E-state index is 11.4. The van der Waals surface area contributed by atoms with Crippen molar-refractivity contribution < 1.29 is 19.4 Å². The van der Waals surface area contributed by atoms with Gasteiger partial charge in [0.2, 0.25) is 0 Å². The molecule has 0 saturated heterocycles. The van der Waals surface area contributed by atoms with Gasteiger partial charge in [-0.3, -0.25) is 9.59 Å². The molecule has 0 aliphatic carbocycles. The van der Waals surface area contributed by atoms with Crippen LogP contribution >= 0.6 is 0 Å². The van der Waals surface area contributed by atoms with Gasteiger partial charge in [-0.15, -0.1) is 0 Å². The number of hydrogen-bond acceptors (Lipinski definition) is 4. The van der Waals surface area contributed by atoms with Crippen molar-refractivity contribution in [1.82, 2.24) is 5.32 Å². The summed E-state index contributed by atoms with van der Waals surface area (Å²) in [6, 6.07) is 6.71. The van der Waals surface area contributed by atoms with Crippen LogP contribution in [0.4, 0.5) is 0 Å². The van der Waals surface area contributed by atoms with Crippen molar-refractivity contribution in [1.29, 1.82) is 0 Å². The Kier molecular flexibility index (Phi) is 6.60. The van der Waals surface area contributed by atoms with Gasteiger partial charge in [0.05, 0.1) is 0 Å². The normalized spacial score (nSPS) is 10.0. The Morgan fingerprint density at radius 1 is 1.26 bits per heavy atom. The topological polar surface area (TPSA) is 75.6 Å². The number of ketones is 1. The first-order valence-electron chi connectivity index (χ1n) is 6.31. The molecule has 1 aromatic rings. The standard InChI is InChI=1S/C14H19NO4/c1-2-13(17)11-4-6-12(7-5-11)19-10-14(18)15-8-3-9-16/h4-7,16H,2-3,8-10H2,1H3,(H,15,18). The van der Waals surface area contributed by atoms with Crippen molar-refractivity contribution in [2.75, 3.05) is 19.8 Å². The van der Waals surface area contributed by atoms with E-state index in [2.05, 4.69) is 5.32 Å². The van der Waals surface area contributed by atoms with Crippen LogP contribution in [-0.4, -0.2) is 36.6 Å². The lowest BCUT2D eigenvalue weighted by molar-refractivity contribution is -0.123. The first-order valence-corrected chi connectivity index (χ1v) is 6.31. The van der Waals surface area contributed by atoms with E-state index in [1.54, 1.807) is 24.3 Å². The van der Waals surface area contributed by atoms with Crippen molar-refractivity contribution in [3.05, 3.63) is 29.8 Å². The van der Waals surface area contributed by atoms with Gasteiger partial charge in [0, 0.05) is 25.1 Å². The molecule has 5 nitrogen and oxygen atoms in total. The van der Waals surface area contributed by atoms with Gasteiger partial charge in [0.1, 0.15) is 5.75 Å². The number of aliphatic hydroxyl groups excluding tert-OH is 1. The summed E-state index contributed by atoms with van der Waals surface area (Å²) in [5.41, 5.74) is 0.641. The Hall–Kier alpha value is -1.88. The molecule has 1 amide bonds. The van der Waals surface area contributed by atoms with Crippen molar-refractivity contribution in [2.45, 2.75) is 19.8 Å². The number of benzene rings is 1. The lowest BCUT2D eigenvalue weighted by Crippen LogP contribution is -2.30. The molecule has 0 atom stereocenters. The van der Waals surface area contributed by atoms with Crippen molar-refractivity contribution in [3.63, 3.8) is 0 Å². The van der Waals surface area contributed by atoms with Crippen LogP contribution in [0.2, 0.25) is 0 Å². The summed E-state index contributed by atoms with van der Waals surface area (Å²) in [5, 5.41) is 11.2. The molecule has 0 spiro atoms. The fourth-order valence-corrected chi connectivity index (χ4v) is 1.45. The summed E-state index contributed by atoms with van der Waals surface area (Å²) in [4.78, 5) is 22.8. The number of amides is 1. The predicted molar refractivity (Wildman–Crippen MR) is 71.3 cm³/mol. The van der Waals surface area contributed by atoms with Gasteiger partial charge in [-0.25, -0.2) is 0 Å². The van der Waals surface area contributed by atoms with E-state index in [1.807, 2.05) is 6.92 Å². The number of carbonyl (C=O) groups excluding carboxylic acids is 2. The molecule has 0 saturated carbocycles. The average molecular weight is 265 g/mol. The third kappa shape index (κ3) is 5.52. The SMILES string of the molecule is CCC(=O)c1ccc(OCC(=O)NCCCO)cc1. The molecule has 0 aliphatic rings. The number of aliphatic hydroxyl groups is 1. The molecule has 19 heavy (non-hydrogen) atoms. The van der Waals surface area contributed by atoms with Crippen LogP contribution in [0.3, 0.4) is 0 Å². The van der Waals surface area contributed by atoms with Crippen LogP contribution in [0, 0.1) is 0 Å². The molecule has 1 rings (SSSR count). The number of rotatable bonds is 8. The number of hydrogen-bond donors (Lipinski definition) is 2. The van der Waals surface area contributed by atoms with Crippen molar-refractivity contribution in [3.8, 4) is 5.75 Å². The van der Waals surface area contributed by atoms with Gasteiger partial charge < -0.3 is 15.2 Å². The maximum Gasteiger partial charge on any atom is 0.257 e. The zero-order valence-electron chi connectivity index (χ0n) is 11.0. The monoisotopic (exact) mass is 265 g/mol. The minimum absolute atomic E-state index is 0.0497. The molecule has 0 unspecified atom stereocenters. The van der Waals surface area contributed by atoms with Crippen LogP contribution in [0.1, 0.15) is 30.1 Å². The van der Waals surface area contributed by atoms with Crippen molar-refractivity contribution >= 4 is 11.7 Å². The van der Waals surface area contributed by atoms with Crippen LogP contribution < -0.4 is 10.1 Å². The van der Waals surface area contributed by atoms with Crippen LogP contribution in [0.25, 0.3) is 0 Å². The van der Waals surface area contributed by atoms with Gasteiger partial charge in [-0.1, -0.05) is 6.92 Å². The highest BCUT2D eigenvalue weighted by Crippen LogP contribution is 2.13. The van der Waals surface area contributed by atoms with E-state index in [-0.39, 0.29) is 24.9 Å². The van der Waals surface area contributed by atoms with Gasteiger partial charge in [0.25, 0.3) is 5.91 Å². The first-order chi connectivity index (χ1) is 9.17. The summed E-state index contributed by atoms with van der Waals surface area (Å²) in [6.45, 7) is 2.21. The van der Waals surface area contributed by atoms with Crippen LogP contribution in [0.5, 0.6) is 5.75 Å². The highest BCUT2D eigenvalue weighted by molar-refractivity contribution is 5.95. The van der Waals surface area contributed by atoms with Crippen molar-refractivity contribution in [2.24, 2.45) is 0 Å². The van der Waals surface area contributed by atoms with E-state index in [0.29, 0.717) is 30.7 Å². The van der Waals surface area contributed by atoms with E-state index in [4.69, 9.17) is 9.84 Å².